The third-order valence-corrected chi connectivity index (χ3v) is 6.94. The van der Waals surface area contributed by atoms with Gasteiger partial charge in [-0.2, -0.15) is 0 Å². The smallest absolute Gasteiger partial charge is 0.328 e. The van der Waals surface area contributed by atoms with Crippen molar-refractivity contribution in [1.82, 2.24) is 5.32 Å². The highest BCUT2D eigenvalue weighted by Gasteiger charge is 2.33. The molecule has 5 nitrogen and oxygen atoms in total. The van der Waals surface area contributed by atoms with Crippen LogP contribution in [0.25, 0.3) is 11.6 Å². The Labute approximate surface area is 219 Å². The maximum absolute atomic E-state index is 10.9. The van der Waals surface area contributed by atoms with Crippen LogP contribution >= 0.6 is 0 Å². The molecular formula is C32H35N3O2. The van der Waals surface area contributed by atoms with E-state index < -0.39 is 5.97 Å². The first kappa shape index (κ1) is 26.0. The Hall–Kier alpha value is -4.12. The van der Waals surface area contributed by atoms with Crippen LogP contribution in [0.4, 0.5) is 5.69 Å². The molecule has 0 spiro atoms. The number of aryl methyl sites for hydroxylation is 1. The number of rotatable bonds is 9. The van der Waals surface area contributed by atoms with Crippen LogP contribution in [0.15, 0.2) is 79.0 Å². The lowest BCUT2D eigenvalue weighted by atomic mass is 9.83. The van der Waals surface area contributed by atoms with Crippen LogP contribution in [0.2, 0.25) is 0 Å². The number of hydrogen-bond donors (Lipinski definition) is 3. The average molecular weight is 494 g/mol. The summed E-state index contributed by atoms with van der Waals surface area (Å²) < 4.78 is 0. The summed E-state index contributed by atoms with van der Waals surface area (Å²) in [4.78, 5) is 13.4. The van der Waals surface area contributed by atoms with Crippen molar-refractivity contribution in [1.29, 1.82) is 5.41 Å². The van der Waals surface area contributed by atoms with Gasteiger partial charge in [0.15, 0.2) is 0 Å². The van der Waals surface area contributed by atoms with Gasteiger partial charge < -0.3 is 20.7 Å². The number of benzene rings is 3. The summed E-state index contributed by atoms with van der Waals surface area (Å²) in [6.45, 7) is 4.47. The Morgan fingerprint density at radius 1 is 1.11 bits per heavy atom. The van der Waals surface area contributed by atoms with E-state index in [1.165, 1.54) is 28.6 Å². The molecular weight excluding hydrogens is 458 g/mol. The van der Waals surface area contributed by atoms with E-state index in [9.17, 15) is 4.79 Å². The molecule has 1 heterocycles. The molecule has 0 fully saturated rings. The fraction of sp³-hybridized carbons (Fsp3) is 0.250. The Kier molecular flexibility index (Phi) is 8.24. The fourth-order valence-electron chi connectivity index (χ4n) is 5.24. The van der Waals surface area contributed by atoms with Gasteiger partial charge in [-0.05, 0) is 71.4 Å². The van der Waals surface area contributed by atoms with Crippen molar-refractivity contribution >= 4 is 29.5 Å². The van der Waals surface area contributed by atoms with Crippen LogP contribution in [0.1, 0.15) is 59.7 Å². The molecule has 0 saturated heterocycles. The van der Waals surface area contributed by atoms with Crippen molar-refractivity contribution in [2.45, 2.75) is 45.2 Å². The molecule has 0 bridgehead atoms. The van der Waals surface area contributed by atoms with Gasteiger partial charge in [0.1, 0.15) is 0 Å². The van der Waals surface area contributed by atoms with Crippen molar-refractivity contribution in [2.24, 2.45) is 0 Å². The fourth-order valence-corrected chi connectivity index (χ4v) is 5.24. The molecule has 3 aromatic rings. The van der Waals surface area contributed by atoms with Crippen LogP contribution < -0.4 is 10.2 Å². The summed E-state index contributed by atoms with van der Waals surface area (Å²) in [7, 11) is 1.85. The molecule has 2 atom stereocenters. The van der Waals surface area contributed by atoms with E-state index in [1.54, 1.807) is 6.08 Å². The highest BCUT2D eigenvalue weighted by atomic mass is 16.4. The van der Waals surface area contributed by atoms with Gasteiger partial charge in [0.2, 0.25) is 0 Å². The van der Waals surface area contributed by atoms with E-state index >= 15 is 0 Å². The largest absolute Gasteiger partial charge is 0.478 e. The normalized spacial score (nSPS) is 17.5. The quantitative estimate of drug-likeness (QED) is 0.235. The summed E-state index contributed by atoms with van der Waals surface area (Å²) >= 11 is 0. The summed E-state index contributed by atoms with van der Waals surface area (Å²) in [5.74, 6) is -0.954. The maximum atomic E-state index is 10.9. The number of carboxylic acid groups (broad SMARTS) is 1. The van der Waals surface area contributed by atoms with Gasteiger partial charge in [0, 0.05) is 42.8 Å². The van der Waals surface area contributed by atoms with Crippen LogP contribution in [0.3, 0.4) is 0 Å². The molecule has 0 amide bonds. The number of allylic oxidation sites excluding steroid dienone is 1. The number of aliphatic carboxylic acids is 1. The predicted octanol–water partition coefficient (Wildman–Crippen LogP) is 6.49. The molecule has 0 aromatic heterocycles. The first-order chi connectivity index (χ1) is 17.9. The number of carbonyl (C=O) groups is 1. The van der Waals surface area contributed by atoms with Crippen molar-refractivity contribution < 1.29 is 9.90 Å². The second-order valence-corrected chi connectivity index (χ2v) is 9.56. The Bertz CT molecular complexity index is 1310. The van der Waals surface area contributed by atoms with Gasteiger partial charge in [0.05, 0.1) is 6.04 Å². The average Bonchev–Trinajstić information content (AvgIpc) is 2.90. The number of nitrogens with one attached hydrogen (secondary N) is 2. The van der Waals surface area contributed by atoms with Gasteiger partial charge >= 0.3 is 5.97 Å². The minimum atomic E-state index is -0.954. The van der Waals surface area contributed by atoms with E-state index in [1.807, 2.05) is 25.4 Å². The summed E-state index contributed by atoms with van der Waals surface area (Å²) in [6.07, 6.45) is 9.12. The van der Waals surface area contributed by atoms with Gasteiger partial charge in [-0.25, -0.2) is 4.79 Å². The van der Waals surface area contributed by atoms with Crippen molar-refractivity contribution in [3.8, 4) is 0 Å². The number of carboxylic acids is 1. The molecule has 37 heavy (non-hydrogen) atoms. The maximum Gasteiger partial charge on any atom is 0.328 e. The minimum absolute atomic E-state index is 0.0130. The van der Waals surface area contributed by atoms with E-state index in [0.717, 1.165) is 47.6 Å². The number of nitrogens with zero attached hydrogens (tertiary/aromatic N) is 1. The second kappa shape index (κ2) is 11.7. The predicted molar refractivity (Wildman–Crippen MR) is 153 cm³/mol. The number of fused-ring (bicyclic) bond motifs is 1. The molecule has 2 unspecified atom stereocenters. The standard InChI is InChI=1S/C32H35N3O2/c1-4-5-23-8-14-29(15-9-23)35-22(2)18-27-19-26(28(20-33)21-34-3)13-16-30(27)32(35)25-11-6-24(7-12-25)10-17-31(36)37/h6-17,19-22,32-34H,4-5,18H2,1-3H3,(H,36,37)/b17-10+,28-21+,33-20?. The van der Waals surface area contributed by atoms with Crippen molar-refractivity contribution in [3.05, 3.63) is 112 Å². The lowest BCUT2D eigenvalue weighted by Crippen LogP contribution is -2.43. The van der Waals surface area contributed by atoms with Crippen LogP contribution in [0, 0.1) is 5.41 Å². The molecule has 1 aliphatic heterocycles. The summed E-state index contributed by atoms with van der Waals surface area (Å²) in [5, 5.41) is 19.9. The van der Waals surface area contributed by atoms with Crippen LogP contribution in [-0.4, -0.2) is 30.4 Å². The number of anilines is 1. The molecule has 5 heteroatoms. The second-order valence-electron chi connectivity index (χ2n) is 9.56. The summed E-state index contributed by atoms with van der Waals surface area (Å²) in [6, 6.07) is 23.9. The molecule has 3 aromatic carbocycles. The zero-order chi connectivity index (χ0) is 26.4. The van der Waals surface area contributed by atoms with Crippen molar-refractivity contribution in [2.75, 3.05) is 11.9 Å². The molecule has 190 valence electrons. The molecule has 3 N–H and O–H groups in total. The molecule has 4 rings (SSSR count). The highest BCUT2D eigenvalue weighted by molar-refractivity contribution is 6.08. The molecule has 1 aliphatic rings. The summed E-state index contributed by atoms with van der Waals surface area (Å²) in [5.41, 5.74) is 8.96. The zero-order valence-electron chi connectivity index (χ0n) is 21.7. The Morgan fingerprint density at radius 2 is 1.84 bits per heavy atom. The SMILES string of the molecule is CCCc1ccc(N2C(C)Cc3cc(/C(C=N)=C/NC)ccc3C2c2ccc(/C=C/C(=O)O)cc2)cc1. The third-order valence-electron chi connectivity index (χ3n) is 6.94. The Morgan fingerprint density at radius 3 is 2.46 bits per heavy atom. The zero-order valence-corrected chi connectivity index (χ0v) is 21.7. The van der Waals surface area contributed by atoms with E-state index in [0.29, 0.717) is 0 Å². The van der Waals surface area contributed by atoms with E-state index in [4.69, 9.17) is 10.5 Å². The number of hydrogen-bond acceptors (Lipinski definition) is 4. The van der Waals surface area contributed by atoms with Gasteiger partial charge in [0.25, 0.3) is 0 Å². The van der Waals surface area contributed by atoms with Gasteiger partial charge in [-0.1, -0.05) is 67.9 Å². The van der Waals surface area contributed by atoms with E-state index in [-0.39, 0.29) is 12.1 Å². The monoisotopic (exact) mass is 493 g/mol. The van der Waals surface area contributed by atoms with Crippen LogP contribution in [0.5, 0.6) is 0 Å². The Balaban J connectivity index is 1.81. The first-order valence-corrected chi connectivity index (χ1v) is 12.8. The molecule has 0 saturated carbocycles. The van der Waals surface area contributed by atoms with Crippen LogP contribution in [-0.2, 0) is 17.6 Å². The van der Waals surface area contributed by atoms with E-state index in [2.05, 4.69) is 78.7 Å². The molecule has 0 aliphatic carbocycles. The highest BCUT2D eigenvalue weighted by Crippen LogP contribution is 2.42. The third kappa shape index (κ3) is 5.83. The molecule has 0 radical (unpaired) electrons. The minimum Gasteiger partial charge on any atom is -0.478 e. The topological polar surface area (TPSA) is 76.4 Å². The lowest BCUT2D eigenvalue weighted by molar-refractivity contribution is -0.131. The van der Waals surface area contributed by atoms with Gasteiger partial charge in [-0.15, -0.1) is 0 Å². The van der Waals surface area contributed by atoms with Gasteiger partial charge in [-0.3, -0.25) is 0 Å². The lowest BCUT2D eigenvalue weighted by Gasteiger charge is -2.44. The first-order valence-electron chi connectivity index (χ1n) is 12.8. The van der Waals surface area contributed by atoms with Crippen molar-refractivity contribution in [3.63, 3.8) is 0 Å².